The van der Waals surface area contributed by atoms with Crippen LogP contribution in [0.5, 0.6) is 0 Å². The maximum atomic E-state index is 5.05. The van der Waals surface area contributed by atoms with Gasteiger partial charge in [0.1, 0.15) is 0 Å². The van der Waals surface area contributed by atoms with E-state index in [1.54, 1.807) is 7.11 Å². The summed E-state index contributed by atoms with van der Waals surface area (Å²) in [6.07, 6.45) is 0.368. The summed E-state index contributed by atoms with van der Waals surface area (Å²) in [6, 6.07) is 0. The Bertz CT molecular complexity index is 157. The molecule has 0 amide bonds. The van der Waals surface area contributed by atoms with Crippen molar-refractivity contribution in [2.24, 2.45) is 0 Å². The molecule has 0 rings (SSSR count). The van der Waals surface area contributed by atoms with Crippen LogP contribution in [-0.2, 0) is 4.74 Å². The molecule has 1 atom stereocenters. The van der Waals surface area contributed by atoms with Gasteiger partial charge in [0, 0.05) is 19.4 Å². The van der Waals surface area contributed by atoms with Gasteiger partial charge >= 0.3 is 0 Å². The van der Waals surface area contributed by atoms with Crippen molar-refractivity contribution in [1.82, 2.24) is 9.80 Å². The van der Waals surface area contributed by atoms with E-state index in [1.807, 2.05) is 6.92 Å². The van der Waals surface area contributed by atoms with Crippen LogP contribution in [0.2, 0.25) is 0 Å². The second-order valence-corrected chi connectivity index (χ2v) is 3.52. The van der Waals surface area contributed by atoms with Crippen molar-refractivity contribution in [3.63, 3.8) is 0 Å². The van der Waals surface area contributed by atoms with Crippen molar-refractivity contribution in [3.8, 4) is 0 Å². The van der Waals surface area contributed by atoms with Gasteiger partial charge in [-0.3, -0.25) is 4.90 Å². The minimum Gasteiger partial charge on any atom is -0.383 e. The molecule has 0 aliphatic carbocycles. The van der Waals surface area contributed by atoms with Gasteiger partial charge in [-0.25, -0.2) is 0 Å². The van der Waals surface area contributed by atoms with Crippen LogP contribution in [0.4, 0.5) is 0 Å². The molecule has 0 aromatic rings. The molecule has 0 saturated carbocycles. The molecule has 78 valence electrons. The maximum Gasteiger partial charge on any atom is 0.0784 e. The normalized spacial score (nSPS) is 13.1. The highest BCUT2D eigenvalue weighted by Gasteiger charge is 2.13. The molecule has 0 aromatic carbocycles. The van der Waals surface area contributed by atoms with Crippen LogP contribution in [-0.4, -0.2) is 50.3 Å². The van der Waals surface area contributed by atoms with E-state index in [9.17, 15) is 0 Å². The highest BCUT2D eigenvalue weighted by molar-refractivity contribution is 4.90. The predicted octanol–water partition coefficient (Wildman–Crippen LogP) is 1.38. The number of methoxy groups -OCH3 is 1. The third kappa shape index (κ3) is 4.29. The summed E-state index contributed by atoms with van der Waals surface area (Å²) in [7, 11) is 5.84. The molecule has 0 aromatic heterocycles. The van der Waals surface area contributed by atoms with E-state index < -0.39 is 0 Å². The number of allylic oxidation sites excluding steroid dienone is 1. The van der Waals surface area contributed by atoms with Gasteiger partial charge in [0.05, 0.1) is 12.8 Å². The zero-order valence-corrected chi connectivity index (χ0v) is 9.50. The molecule has 1 unspecified atom stereocenters. The van der Waals surface area contributed by atoms with Crippen LogP contribution in [0.25, 0.3) is 0 Å². The van der Waals surface area contributed by atoms with Crippen LogP contribution in [0.1, 0.15) is 13.8 Å². The smallest absolute Gasteiger partial charge is 0.0784 e. The quantitative estimate of drug-likeness (QED) is 0.583. The Kier molecular flexibility index (Phi) is 5.75. The van der Waals surface area contributed by atoms with E-state index in [-0.39, 0.29) is 0 Å². The first-order valence-electron chi connectivity index (χ1n) is 4.58. The highest BCUT2D eigenvalue weighted by atomic mass is 16.5. The summed E-state index contributed by atoms with van der Waals surface area (Å²) >= 11 is 0. The van der Waals surface area contributed by atoms with E-state index in [0.29, 0.717) is 6.17 Å². The van der Waals surface area contributed by atoms with E-state index in [2.05, 4.69) is 37.4 Å². The Hall–Kier alpha value is -0.540. The summed E-state index contributed by atoms with van der Waals surface area (Å²) in [5.74, 6) is 0. The lowest BCUT2D eigenvalue weighted by Crippen LogP contribution is -2.43. The Morgan fingerprint density at radius 3 is 2.31 bits per heavy atom. The Morgan fingerprint density at radius 1 is 1.46 bits per heavy atom. The van der Waals surface area contributed by atoms with Crippen molar-refractivity contribution in [1.29, 1.82) is 0 Å². The minimum atomic E-state index is 0.368. The van der Waals surface area contributed by atoms with E-state index in [0.717, 1.165) is 18.8 Å². The lowest BCUT2D eigenvalue weighted by Gasteiger charge is -2.35. The molecule has 3 nitrogen and oxygen atoms in total. The number of ether oxygens (including phenoxy) is 1. The van der Waals surface area contributed by atoms with Gasteiger partial charge in [0.2, 0.25) is 0 Å². The summed E-state index contributed by atoms with van der Waals surface area (Å²) in [5, 5.41) is 0. The zero-order chi connectivity index (χ0) is 10.4. The fraction of sp³-hybridized carbons (Fsp3) is 0.800. The van der Waals surface area contributed by atoms with Gasteiger partial charge in [-0.05, 0) is 27.9 Å². The molecule has 0 bridgehead atoms. The molecule has 0 aliphatic heterocycles. The Balaban J connectivity index is 4.15. The lowest BCUT2D eigenvalue weighted by molar-refractivity contribution is 0.0906. The van der Waals surface area contributed by atoms with Crippen molar-refractivity contribution in [3.05, 3.63) is 12.3 Å². The van der Waals surface area contributed by atoms with Crippen molar-refractivity contribution < 1.29 is 4.74 Å². The molecule has 13 heavy (non-hydrogen) atoms. The fourth-order valence-electron chi connectivity index (χ4n) is 1.17. The highest BCUT2D eigenvalue weighted by Crippen LogP contribution is 2.08. The van der Waals surface area contributed by atoms with Crippen LogP contribution in [0.15, 0.2) is 12.3 Å². The topological polar surface area (TPSA) is 15.7 Å². The van der Waals surface area contributed by atoms with E-state index in [1.165, 1.54) is 0 Å². The number of hydrogen-bond donors (Lipinski definition) is 0. The number of nitrogens with zero attached hydrogens (tertiary/aromatic N) is 2. The molecule has 0 radical (unpaired) electrons. The van der Waals surface area contributed by atoms with Gasteiger partial charge < -0.3 is 9.64 Å². The lowest BCUT2D eigenvalue weighted by atomic mass is 10.3. The van der Waals surface area contributed by atoms with E-state index >= 15 is 0 Å². The van der Waals surface area contributed by atoms with Crippen LogP contribution in [0.3, 0.4) is 0 Å². The Labute approximate surface area is 82.0 Å². The van der Waals surface area contributed by atoms with Crippen LogP contribution in [0, 0.1) is 0 Å². The predicted molar refractivity (Wildman–Crippen MR) is 56.5 cm³/mol. The first-order chi connectivity index (χ1) is 6.00. The zero-order valence-electron chi connectivity index (χ0n) is 9.50. The average Bonchev–Trinajstić information content (AvgIpc) is 2.04. The molecule has 0 N–H and O–H groups in total. The first kappa shape index (κ1) is 12.5. The van der Waals surface area contributed by atoms with Gasteiger partial charge in [0.25, 0.3) is 0 Å². The third-order valence-corrected chi connectivity index (χ3v) is 2.23. The van der Waals surface area contributed by atoms with E-state index in [4.69, 9.17) is 4.74 Å². The molecule has 0 heterocycles. The molecule has 0 saturated heterocycles. The SMILES string of the molecule is C=C(C)N(CCOC)C(C)N(C)C. The number of rotatable bonds is 6. The van der Waals surface area contributed by atoms with Crippen molar-refractivity contribution in [2.45, 2.75) is 20.0 Å². The Morgan fingerprint density at radius 2 is 2.00 bits per heavy atom. The first-order valence-corrected chi connectivity index (χ1v) is 4.58. The van der Waals surface area contributed by atoms with Crippen molar-refractivity contribution >= 4 is 0 Å². The van der Waals surface area contributed by atoms with Gasteiger partial charge in [-0.1, -0.05) is 6.58 Å². The summed E-state index contributed by atoms with van der Waals surface area (Å²) in [6.45, 7) is 9.77. The third-order valence-electron chi connectivity index (χ3n) is 2.23. The molecule has 3 heteroatoms. The van der Waals surface area contributed by atoms with Gasteiger partial charge in [-0.2, -0.15) is 0 Å². The fourth-order valence-corrected chi connectivity index (χ4v) is 1.17. The molecular weight excluding hydrogens is 164 g/mol. The van der Waals surface area contributed by atoms with Crippen LogP contribution >= 0.6 is 0 Å². The van der Waals surface area contributed by atoms with Gasteiger partial charge in [-0.15, -0.1) is 0 Å². The summed E-state index contributed by atoms with van der Waals surface area (Å²) in [4.78, 5) is 4.38. The van der Waals surface area contributed by atoms with Gasteiger partial charge in [0.15, 0.2) is 0 Å². The summed E-state index contributed by atoms with van der Waals surface area (Å²) in [5.41, 5.74) is 1.08. The molecule has 0 spiro atoms. The van der Waals surface area contributed by atoms with Crippen LogP contribution < -0.4 is 0 Å². The standard InChI is InChI=1S/C10H22N2O/c1-9(2)12(7-8-13-6)10(3)11(4)5/h10H,1,7-8H2,2-6H3. The molecule has 0 aliphatic rings. The number of hydrogen-bond acceptors (Lipinski definition) is 3. The second kappa shape index (κ2) is 6.00. The monoisotopic (exact) mass is 186 g/mol. The molecule has 0 fully saturated rings. The average molecular weight is 186 g/mol. The summed E-state index contributed by atoms with van der Waals surface area (Å²) < 4.78 is 5.05. The minimum absolute atomic E-state index is 0.368. The maximum absolute atomic E-state index is 5.05. The van der Waals surface area contributed by atoms with Crippen molar-refractivity contribution in [2.75, 3.05) is 34.4 Å². The second-order valence-electron chi connectivity index (χ2n) is 3.52. The largest absolute Gasteiger partial charge is 0.383 e. The molecular formula is C10H22N2O.